The van der Waals surface area contributed by atoms with Crippen molar-refractivity contribution in [3.05, 3.63) is 72.9 Å². The first kappa shape index (κ1) is 49.9. The van der Waals surface area contributed by atoms with Gasteiger partial charge >= 0.3 is 12.4 Å². The number of nitrogens with two attached hydrogens (primary N) is 2. The smallest absolute Gasteiger partial charge is 0.384 e. The van der Waals surface area contributed by atoms with Gasteiger partial charge in [-0.1, -0.05) is 53.8 Å². The molecule has 6 nitrogen and oxygen atoms in total. The predicted molar refractivity (Wildman–Crippen MR) is 199 cm³/mol. The standard InChI is InChI=1S/C13H10Cl2F5N3S.C11H8Cl2F3N3.C2H3ClF2S.CH3Cl.CH4/c1-5-11(24(20)6(2)16)12(21)23(22-5)10-8(14)3-7(4-9(10)15)13(17,18)19;1-5-2-9(17)19(18-5)10-7(12)3-6(4-8(10)13)11(14,15)16;1-2(4)6(3)5;1-2;/h3-4H,21H2,1-2H3;2-4H,17H2,1H3;1H3;1H3;1H4. The number of halogens is 16. The highest BCUT2D eigenvalue weighted by Crippen LogP contribution is 2.43. The summed E-state index contributed by atoms with van der Waals surface area (Å²) in [7, 11) is -0.000744. The first-order chi connectivity index (χ1) is 23.3. The molecule has 0 radical (unpaired) electrons. The first-order valence-corrected chi connectivity index (χ1v) is 18.3. The van der Waals surface area contributed by atoms with E-state index in [0.717, 1.165) is 30.7 Å². The summed E-state index contributed by atoms with van der Waals surface area (Å²) in [6, 6.07) is 4.45. The summed E-state index contributed by atoms with van der Waals surface area (Å²) in [4.78, 5) is -0.206. The molecule has 0 aliphatic heterocycles. The zero-order valence-electron chi connectivity index (χ0n) is 26.2. The van der Waals surface area contributed by atoms with Crippen LogP contribution in [0, 0.1) is 13.8 Å². The van der Waals surface area contributed by atoms with Crippen LogP contribution in [0.25, 0.3) is 11.4 Å². The van der Waals surface area contributed by atoms with E-state index in [2.05, 4.69) is 32.5 Å². The lowest BCUT2D eigenvalue weighted by molar-refractivity contribution is -0.138. The minimum atomic E-state index is -4.64. The lowest BCUT2D eigenvalue weighted by Crippen LogP contribution is -2.08. The fourth-order valence-corrected chi connectivity index (χ4v) is 5.77. The summed E-state index contributed by atoms with van der Waals surface area (Å²) in [6.07, 6.45) is -7.69. The van der Waals surface area contributed by atoms with Gasteiger partial charge in [-0.3, -0.25) is 0 Å². The summed E-state index contributed by atoms with van der Waals surface area (Å²) in [6.45, 7) is 5.02. The molecule has 2 atom stereocenters. The van der Waals surface area contributed by atoms with Crippen molar-refractivity contribution in [1.29, 1.82) is 0 Å². The van der Waals surface area contributed by atoms with Gasteiger partial charge < -0.3 is 11.5 Å². The second-order valence-corrected chi connectivity index (χ2v) is 14.2. The Morgan fingerprint density at radius 1 is 0.692 bits per heavy atom. The van der Waals surface area contributed by atoms with Crippen LogP contribution in [0.15, 0.2) is 35.2 Å². The van der Waals surface area contributed by atoms with Crippen LogP contribution >= 0.6 is 89.6 Å². The predicted octanol–water partition coefficient (Wildman–Crippen LogP) is 13.7. The molecule has 2 aromatic heterocycles. The van der Waals surface area contributed by atoms with Crippen LogP contribution in [-0.4, -0.2) is 36.2 Å². The number of aryl methyl sites for hydroxylation is 2. The highest BCUT2D eigenvalue weighted by Gasteiger charge is 2.34. The van der Waals surface area contributed by atoms with Crippen molar-refractivity contribution < 1.29 is 42.9 Å². The van der Waals surface area contributed by atoms with E-state index in [-0.39, 0.29) is 61.1 Å². The number of nitrogen functional groups attached to an aromatic ring is 2. The Kier molecular flexibility index (Phi) is 19.8. The molecule has 0 aliphatic rings. The summed E-state index contributed by atoms with van der Waals surface area (Å²) in [5, 5.41) is 4.99. The number of aromatic nitrogens is 4. The van der Waals surface area contributed by atoms with Crippen molar-refractivity contribution in [1.82, 2.24) is 19.6 Å². The third-order valence-corrected chi connectivity index (χ3v) is 9.22. The maximum absolute atomic E-state index is 14.0. The second kappa shape index (κ2) is 20.6. The highest BCUT2D eigenvalue weighted by molar-refractivity contribution is 8.31. The summed E-state index contributed by atoms with van der Waals surface area (Å²) >= 11 is 28.1. The van der Waals surface area contributed by atoms with Gasteiger partial charge in [-0.25, -0.2) is 18.1 Å². The Labute approximate surface area is 326 Å². The fourth-order valence-electron chi connectivity index (χ4n) is 3.63. The Morgan fingerprint density at radius 3 is 1.31 bits per heavy atom. The summed E-state index contributed by atoms with van der Waals surface area (Å²) in [5.74, 6) is -0.0556. The topological polar surface area (TPSA) is 87.7 Å². The summed E-state index contributed by atoms with van der Waals surface area (Å²) in [5.41, 5.74) is 10.2. The summed E-state index contributed by atoms with van der Waals surface area (Å²) < 4.78 is 128. The number of rotatable bonds is 3. The molecule has 24 heteroatoms. The SMILES string of the molecule is C.C/C(F)=S(/F)Cl.C/C(F)=S(/F)c1c(C)nn(-c2c(Cl)cc(C(F)(F)F)cc2Cl)c1N.CCl.Cc1cc(N)n(-c2c(Cl)cc(C(F)(F)F)cc2Cl)n1. The molecule has 294 valence electrons. The normalized spacial score (nSPS) is 12.9. The molecular weight excluding hydrogens is 887 g/mol. The van der Waals surface area contributed by atoms with E-state index < -0.39 is 54.7 Å². The van der Waals surface area contributed by atoms with Crippen LogP contribution in [-0.2, 0) is 12.4 Å². The number of hydrogen-bond acceptors (Lipinski definition) is 4. The molecule has 4 N–H and O–H groups in total. The van der Waals surface area contributed by atoms with Gasteiger partial charge in [-0.15, -0.1) is 11.6 Å². The zero-order valence-corrected chi connectivity index (χ0v) is 32.4. The Hall–Kier alpha value is -2.06. The van der Waals surface area contributed by atoms with Crippen LogP contribution < -0.4 is 11.5 Å². The number of benzene rings is 2. The van der Waals surface area contributed by atoms with E-state index in [1.165, 1.54) is 18.0 Å². The Bertz CT molecular complexity index is 1860. The van der Waals surface area contributed by atoms with Gasteiger partial charge in [-0.05, 0) is 62.6 Å². The molecule has 0 bridgehead atoms. The quantitative estimate of drug-likeness (QED) is 0.0928. The minimum absolute atomic E-state index is 0. The lowest BCUT2D eigenvalue weighted by atomic mass is 10.2. The molecule has 52 heavy (non-hydrogen) atoms. The second-order valence-electron chi connectivity index (χ2n) is 9.32. The molecular formula is C28H28Cl6F10N6S2. The van der Waals surface area contributed by atoms with Crippen LogP contribution in [0.3, 0.4) is 0 Å². The van der Waals surface area contributed by atoms with Crippen LogP contribution in [0.1, 0.15) is 43.8 Å². The Morgan fingerprint density at radius 2 is 1.04 bits per heavy atom. The number of alkyl halides is 7. The van der Waals surface area contributed by atoms with Crippen molar-refractivity contribution in [3.63, 3.8) is 0 Å². The first-order valence-electron chi connectivity index (χ1n) is 12.9. The van der Waals surface area contributed by atoms with E-state index in [1.807, 2.05) is 0 Å². The van der Waals surface area contributed by atoms with Gasteiger partial charge in [0.1, 0.15) is 38.0 Å². The maximum atomic E-state index is 14.0. The third-order valence-electron chi connectivity index (χ3n) is 5.65. The molecule has 2 unspecified atom stereocenters. The third kappa shape index (κ3) is 13.1. The number of anilines is 2. The lowest BCUT2D eigenvalue weighted by Gasteiger charge is -2.13. The van der Waals surface area contributed by atoms with Crippen molar-refractivity contribution in [3.8, 4) is 11.4 Å². The van der Waals surface area contributed by atoms with Crippen LogP contribution in [0.2, 0.25) is 20.1 Å². The van der Waals surface area contributed by atoms with Crippen molar-refractivity contribution in [2.75, 3.05) is 17.9 Å². The van der Waals surface area contributed by atoms with Gasteiger partial charge in [0.15, 0.2) is 10.2 Å². The zero-order chi connectivity index (χ0) is 39.9. The molecule has 4 aromatic rings. The molecule has 0 spiro atoms. The van der Waals surface area contributed by atoms with Gasteiger partial charge in [0.2, 0.25) is 0 Å². The van der Waals surface area contributed by atoms with E-state index in [4.69, 9.17) is 57.9 Å². The van der Waals surface area contributed by atoms with Crippen molar-refractivity contribution in [2.45, 2.75) is 52.4 Å². The molecule has 2 aromatic carbocycles. The minimum Gasteiger partial charge on any atom is -0.384 e. The van der Waals surface area contributed by atoms with Gasteiger partial charge in [-0.2, -0.15) is 44.3 Å². The van der Waals surface area contributed by atoms with Gasteiger partial charge in [0.05, 0.1) is 53.5 Å². The molecule has 0 saturated heterocycles. The molecule has 4 rings (SSSR count). The highest BCUT2D eigenvalue weighted by atomic mass is 35.7. The number of hydrogen-bond donors (Lipinski definition) is 2. The Balaban J connectivity index is 0.000000830. The van der Waals surface area contributed by atoms with Gasteiger partial charge in [0.25, 0.3) is 0 Å². The molecule has 0 saturated carbocycles. The van der Waals surface area contributed by atoms with Crippen LogP contribution in [0.4, 0.5) is 54.5 Å². The van der Waals surface area contributed by atoms with Crippen LogP contribution in [0.5, 0.6) is 0 Å². The van der Waals surface area contributed by atoms with E-state index in [0.29, 0.717) is 17.8 Å². The number of nitrogens with zero attached hydrogens (tertiary/aromatic N) is 4. The van der Waals surface area contributed by atoms with Crippen molar-refractivity contribution in [2.24, 2.45) is 0 Å². The van der Waals surface area contributed by atoms with E-state index in [9.17, 15) is 42.9 Å². The molecule has 0 aliphatic carbocycles. The fraction of sp³-hybridized carbons (Fsp3) is 0.286. The average molecular weight is 915 g/mol. The largest absolute Gasteiger partial charge is 0.416 e. The van der Waals surface area contributed by atoms with Gasteiger partial charge in [0, 0.05) is 12.4 Å². The maximum Gasteiger partial charge on any atom is 0.416 e. The molecule has 0 fully saturated rings. The molecule has 0 amide bonds. The van der Waals surface area contributed by atoms with E-state index >= 15 is 0 Å². The molecule has 2 heterocycles. The van der Waals surface area contributed by atoms with E-state index in [1.54, 1.807) is 13.0 Å². The van der Waals surface area contributed by atoms with Crippen molar-refractivity contribution >= 4 is 112 Å². The monoisotopic (exact) mass is 912 g/mol. The average Bonchev–Trinajstić information content (AvgIpc) is 3.48.